The van der Waals surface area contributed by atoms with Crippen molar-refractivity contribution in [3.05, 3.63) is 27.7 Å². The zero-order valence-electron chi connectivity index (χ0n) is 14.0. The Hall–Kier alpha value is -0.780. The van der Waals surface area contributed by atoms with E-state index in [4.69, 9.17) is 22.1 Å². The lowest BCUT2D eigenvalue weighted by Gasteiger charge is -2.21. The van der Waals surface area contributed by atoms with Crippen LogP contribution in [0.15, 0.2) is 16.6 Å². The molecule has 0 aliphatic rings. The lowest BCUT2D eigenvalue weighted by atomic mass is 10.1. The molecular weight excluding hydrogens is 380 g/mol. The minimum absolute atomic E-state index is 0.0299. The van der Waals surface area contributed by atoms with E-state index in [0.29, 0.717) is 34.8 Å². The maximum Gasteiger partial charge on any atom is 0.338 e. The number of hydrogen-bond donors (Lipinski definition) is 2. The molecule has 0 bridgehead atoms. The van der Waals surface area contributed by atoms with Gasteiger partial charge in [-0.3, -0.25) is 0 Å². The van der Waals surface area contributed by atoms with E-state index < -0.39 is 0 Å². The molecule has 0 aliphatic heterocycles. The molecule has 0 aromatic heterocycles. The van der Waals surface area contributed by atoms with Gasteiger partial charge in [0.2, 0.25) is 0 Å². The van der Waals surface area contributed by atoms with Crippen LogP contribution in [0.4, 0.5) is 5.69 Å². The van der Waals surface area contributed by atoms with Gasteiger partial charge in [-0.15, -0.1) is 11.6 Å². The maximum atomic E-state index is 12.2. The Labute approximate surface area is 152 Å². The van der Waals surface area contributed by atoms with Crippen molar-refractivity contribution in [3.8, 4) is 0 Å². The zero-order valence-corrected chi connectivity index (χ0v) is 16.4. The molecule has 0 radical (unpaired) electrons. The Balaban J connectivity index is 2.71. The van der Waals surface area contributed by atoms with E-state index in [2.05, 4.69) is 42.0 Å². The molecular formula is C17H26BrClN2O2. The van der Waals surface area contributed by atoms with Gasteiger partial charge in [0, 0.05) is 22.4 Å². The average molecular weight is 406 g/mol. The largest absolute Gasteiger partial charge is 0.462 e. The Kier molecular flexibility index (Phi) is 8.37. The molecule has 0 amide bonds. The number of hydrogen-bond acceptors (Lipinski definition) is 4. The predicted octanol–water partition coefficient (Wildman–Crippen LogP) is 4.49. The monoisotopic (exact) mass is 404 g/mol. The summed E-state index contributed by atoms with van der Waals surface area (Å²) in [7, 11) is 0. The highest BCUT2D eigenvalue weighted by molar-refractivity contribution is 9.10. The normalized spacial score (nSPS) is 11.5. The summed E-state index contributed by atoms with van der Waals surface area (Å²) in [4.78, 5) is 12.2. The van der Waals surface area contributed by atoms with E-state index in [1.165, 1.54) is 0 Å². The summed E-state index contributed by atoms with van der Waals surface area (Å²) in [5.41, 5.74) is 8.08. The van der Waals surface area contributed by atoms with Crippen molar-refractivity contribution in [1.29, 1.82) is 0 Å². The minimum Gasteiger partial charge on any atom is -0.462 e. The van der Waals surface area contributed by atoms with Crippen molar-refractivity contribution in [2.75, 3.05) is 18.2 Å². The third kappa shape index (κ3) is 7.55. The second-order valence-corrected chi connectivity index (χ2v) is 7.75. The van der Waals surface area contributed by atoms with Crippen LogP contribution in [-0.2, 0) is 11.3 Å². The van der Waals surface area contributed by atoms with Gasteiger partial charge in [0.25, 0.3) is 0 Å². The molecule has 4 nitrogen and oxygen atoms in total. The van der Waals surface area contributed by atoms with Gasteiger partial charge in [0.1, 0.15) is 0 Å². The van der Waals surface area contributed by atoms with Gasteiger partial charge in [0.15, 0.2) is 0 Å². The number of anilines is 1. The van der Waals surface area contributed by atoms with Crippen LogP contribution in [0.5, 0.6) is 0 Å². The Morgan fingerprint density at radius 1 is 1.30 bits per heavy atom. The summed E-state index contributed by atoms with van der Waals surface area (Å²) in [6, 6.07) is 3.50. The van der Waals surface area contributed by atoms with E-state index in [-0.39, 0.29) is 11.5 Å². The SMILES string of the molecule is CC(C)(C)NCc1cc(C(=O)OCCCCCCl)cc(Br)c1N. The first kappa shape index (κ1) is 20.3. The number of carbonyl (C=O) groups is 1. The molecule has 0 saturated carbocycles. The molecule has 1 aromatic carbocycles. The summed E-state index contributed by atoms with van der Waals surface area (Å²) in [6.45, 7) is 7.24. The molecule has 130 valence electrons. The summed E-state index contributed by atoms with van der Waals surface area (Å²) in [6.07, 6.45) is 2.73. The minimum atomic E-state index is -0.325. The summed E-state index contributed by atoms with van der Waals surface area (Å²) >= 11 is 9.03. The third-order valence-electron chi connectivity index (χ3n) is 3.27. The fourth-order valence-electron chi connectivity index (χ4n) is 1.92. The van der Waals surface area contributed by atoms with Crippen LogP contribution in [-0.4, -0.2) is 24.0 Å². The molecule has 0 fully saturated rings. The van der Waals surface area contributed by atoms with Gasteiger partial charge in [-0.25, -0.2) is 4.79 Å². The van der Waals surface area contributed by atoms with Crippen molar-refractivity contribution in [3.63, 3.8) is 0 Å². The van der Waals surface area contributed by atoms with E-state index in [1.54, 1.807) is 12.1 Å². The second-order valence-electron chi connectivity index (χ2n) is 6.52. The number of nitrogens with one attached hydrogen (secondary N) is 1. The number of carbonyl (C=O) groups excluding carboxylic acids is 1. The van der Waals surface area contributed by atoms with Crippen molar-refractivity contribution < 1.29 is 9.53 Å². The summed E-state index contributed by atoms with van der Waals surface area (Å²) < 4.78 is 6.01. The van der Waals surface area contributed by atoms with Crippen LogP contribution < -0.4 is 11.1 Å². The first-order chi connectivity index (χ1) is 10.7. The van der Waals surface area contributed by atoms with Crippen LogP contribution in [0.3, 0.4) is 0 Å². The summed E-state index contributed by atoms with van der Waals surface area (Å²) in [5.74, 6) is 0.316. The van der Waals surface area contributed by atoms with E-state index >= 15 is 0 Å². The predicted molar refractivity (Wildman–Crippen MR) is 100 cm³/mol. The van der Waals surface area contributed by atoms with Gasteiger partial charge in [-0.1, -0.05) is 0 Å². The number of nitrogen functional groups attached to an aromatic ring is 1. The van der Waals surface area contributed by atoms with Gasteiger partial charge in [-0.2, -0.15) is 0 Å². The smallest absolute Gasteiger partial charge is 0.338 e. The number of alkyl halides is 1. The zero-order chi connectivity index (χ0) is 17.5. The van der Waals surface area contributed by atoms with Crippen LogP contribution in [0.2, 0.25) is 0 Å². The van der Waals surface area contributed by atoms with E-state index in [0.717, 1.165) is 24.8 Å². The third-order valence-corrected chi connectivity index (χ3v) is 4.19. The number of esters is 1. The number of rotatable bonds is 8. The van der Waals surface area contributed by atoms with Gasteiger partial charge < -0.3 is 15.8 Å². The fraction of sp³-hybridized carbons (Fsp3) is 0.588. The molecule has 0 atom stereocenters. The van der Waals surface area contributed by atoms with Gasteiger partial charge in [0.05, 0.1) is 17.9 Å². The highest BCUT2D eigenvalue weighted by Crippen LogP contribution is 2.26. The van der Waals surface area contributed by atoms with Gasteiger partial charge in [-0.05, 0) is 73.7 Å². The topological polar surface area (TPSA) is 64.3 Å². The van der Waals surface area contributed by atoms with E-state index in [9.17, 15) is 4.79 Å². The van der Waals surface area contributed by atoms with Crippen LogP contribution in [0.25, 0.3) is 0 Å². The van der Waals surface area contributed by atoms with E-state index in [1.807, 2.05) is 0 Å². The van der Waals surface area contributed by atoms with Gasteiger partial charge >= 0.3 is 5.97 Å². The molecule has 0 heterocycles. The first-order valence-corrected chi connectivity index (χ1v) is 9.13. The molecule has 6 heteroatoms. The van der Waals surface area contributed by atoms with Crippen molar-refractivity contribution in [1.82, 2.24) is 5.32 Å². The van der Waals surface area contributed by atoms with Crippen LogP contribution >= 0.6 is 27.5 Å². The van der Waals surface area contributed by atoms with Crippen LogP contribution in [0, 0.1) is 0 Å². The number of nitrogens with two attached hydrogens (primary N) is 1. The number of benzene rings is 1. The fourth-order valence-corrected chi connectivity index (χ4v) is 2.61. The molecule has 1 rings (SSSR count). The number of unbranched alkanes of at least 4 members (excludes halogenated alkanes) is 2. The van der Waals surface area contributed by atoms with Crippen molar-refractivity contribution in [2.45, 2.75) is 52.1 Å². The molecule has 1 aromatic rings. The number of halogens is 2. The van der Waals surface area contributed by atoms with Crippen molar-refractivity contribution >= 4 is 39.2 Å². The average Bonchev–Trinajstić information content (AvgIpc) is 2.47. The Bertz CT molecular complexity index is 530. The quantitative estimate of drug-likeness (QED) is 0.289. The van der Waals surface area contributed by atoms with Crippen LogP contribution in [0.1, 0.15) is 56.0 Å². The second kappa shape index (κ2) is 9.50. The molecule has 0 spiro atoms. The Morgan fingerprint density at radius 2 is 2.00 bits per heavy atom. The highest BCUT2D eigenvalue weighted by atomic mass is 79.9. The lowest BCUT2D eigenvalue weighted by molar-refractivity contribution is 0.0498. The summed E-state index contributed by atoms with van der Waals surface area (Å²) in [5, 5.41) is 3.37. The standard InChI is InChI=1S/C17H26BrClN2O2/c1-17(2,3)21-11-13-9-12(10-14(18)15(13)20)16(22)23-8-6-4-5-7-19/h9-10,21H,4-8,11,20H2,1-3H3. The first-order valence-electron chi connectivity index (χ1n) is 7.80. The molecule has 0 unspecified atom stereocenters. The highest BCUT2D eigenvalue weighted by Gasteiger charge is 2.15. The maximum absolute atomic E-state index is 12.2. The van der Waals surface area contributed by atoms with Crippen molar-refractivity contribution in [2.24, 2.45) is 0 Å². The molecule has 0 saturated heterocycles. The molecule has 23 heavy (non-hydrogen) atoms. The molecule has 0 aliphatic carbocycles. The number of ether oxygens (including phenoxy) is 1. The Morgan fingerprint density at radius 3 is 2.61 bits per heavy atom. The lowest BCUT2D eigenvalue weighted by Crippen LogP contribution is -2.35. The molecule has 3 N–H and O–H groups in total.